The monoisotopic (exact) mass is 535 g/mol. The molecular formula is C26H32F3N5O4. The first-order valence-electron chi connectivity index (χ1n) is 12.9. The van der Waals surface area contributed by atoms with Gasteiger partial charge in [-0.2, -0.15) is 23.1 Å². The lowest BCUT2D eigenvalue weighted by Crippen LogP contribution is -2.60. The summed E-state index contributed by atoms with van der Waals surface area (Å²) in [4.78, 5) is 26.4. The van der Waals surface area contributed by atoms with E-state index in [9.17, 15) is 18.0 Å². The molecule has 2 aromatic rings. The van der Waals surface area contributed by atoms with Crippen LogP contribution in [0.5, 0.6) is 6.01 Å². The van der Waals surface area contributed by atoms with Gasteiger partial charge in [-0.3, -0.25) is 9.69 Å². The Bertz CT molecular complexity index is 1150. The Balaban J connectivity index is 1.30. The number of ether oxygens (including phenoxy) is 3. The molecule has 0 aliphatic carbocycles. The van der Waals surface area contributed by atoms with Crippen LogP contribution in [0.2, 0.25) is 0 Å². The summed E-state index contributed by atoms with van der Waals surface area (Å²) in [5.41, 5.74) is 0.0155. The van der Waals surface area contributed by atoms with Crippen LogP contribution in [0.3, 0.4) is 0 Å². The van der Waals surface area contributed by atoms with Crippen molar-refractivity contribution in [2.24, 2.45) is 0 Å². The van der Waals surface area contributed by atoms with Crippen molar-refractivity contribution in [3.05, 3.63) is 41.1 Å². The first-order chi connectivity index (χ1) is 18.2. The standard InChI is InChI=1S/C26H32F3N5O4/c1-16-22(31-25(36-2)32-23(16)30-18-5-3-4-17(14-18)26(27,28)29)24(35)33-9-6-19(7-10-33)34-11-13-38-21-15-37-12-8-20(21)34/h3-5,14,19-21H,6-13,15H2,1-2H3,(H,30,31,32)/t20-,21+/m0/s1. The van der Waals surface area contributed by atoms with Gasteiger partial charge in [0.1, 0.15) is 11.5 Å². The third-order valence-electron chi connectivity index (χ3n) is 7.56. The van der Waals surface area contributed by atoms with Gasteiger partial charge in [0.2, 0.25) is 0 Å². The van der Waals surface area contributed by atoms with E-state index < -0.39 is 11.7 Å². The van der Waals surface area contributed by atoms with Crippen molar-refractivity contribution < 1.29 is 32.2 Å². The van der Waals surface area contributed by atoms with E-state index in [4.69, 9.17) is 14.2 Å². The van der Waals surface area contributed by atoms with Crippen molar-refractivity contribution in [3.8, 4) is 6.01 Å². The quantitative estimate of drug-likeness (QED) is 0.621. The molecule has 5 rings (SSSR count). The molecule has 0 radical (unpaired) electrons. The number of carbonyl (C=O) groups is 1. The second-order valence-electron chi connectivity index (χ2n) is 9.84. The van der Waals surface area contributed by atoms with Crippen molar-refractivity contribution in [3.63, 3.8) is 0 Å². The fourth-order valence-electron chi connectivity index (χ4n) is 5.55. The Labute approximate surface area is 219 Å². The third-order valence-corrected chi connectivity index (χ3v) is 7.56. The number of methoxy groups -OCH3 is 1. The fourth-order valence-corrected chi connectivity index (χ4v) is 5.55. The molecule has 9 nitrogen and oxygen atoms in total. The number of rotatable bonds is 5. The molecule has 0 unspecified atom stereocenters. The minimum Gasteiger partial charge on any atom is -0.467 e. The summed E-state index contributed by atoms with van der Waals surface area (Å²) in [6.45, 7) is 5.77. The first kappa shape index (κ1) is 26.6. The zero-order chi connectivity index (χ0) is 26.9. The number of morpholine rings is 1. The van der Waals surface area contributed by atoms with Crippen molar-refractivity contribution >= 4 is 17.4 Å². The Morgan fingerprint density at radius 3 is 2.66 bits per heavy atom. The van der Waals surface area contributed by atoms with Gasteiger partial charge >= 0.3 is 12.2 Å². The second kappa shape index (κ2) is 11.0. The molecule has 1 aromatic heterocycles. The van der Waals surface area contributed by atoms with Crippen LogP contribution >= 0.6 is 0 Å². The van der Waals surface area contributed by atoms with E-state index in [-0.39, 0.29) is 35.2 Å². The molecule has 38 heavy (non-hydrogen) atoms. The Morgan fingerprint density at radius 1 is 1.13 bits per heavy atom. The van der Waals surface area contributed by atoms with E-state index in [0.29, 0.717) is 44.0 Å². The van der Waals surface area contributed by atoms with E-state index >= 15 is 0 Å². The number of hydrogen-bond acceptors (Lipinski definition) is 8. The number of likely N-dealkylation sites (tertiary alicyclic amines) is 1. The highest BCUT2D eigenvalue weighted by Crippen LogP contribution is 2.33. The summed E-state index contributed by atoms with van der Waals surface area (Å²) < 4.78 is 56.2. The summed E-state index contributed by atoms with van der Waals surface area (Å²) in [5, 5.41) is 2.90. The van der Waals surface area contributed by atoms with Crippen molar-refractivity contribution in [1.29, 1.82) is 0 Å². The predicted molar refractivity (Wildman–Crippen MR) is 133 cm³/mol. The minimum atomic E-state index is -4.48. The number of carbonyl (C=O) groups excluding carboxylic acids is 1. The van der Waals surface area contributed by atoms with Gasteiger partial charge in [-0.05, 0) is 44.4 Å². The number of amides is 1. The van der Waals surface area contributed by atoms with Gasteiger partial charge in [0.25, 0.3) is 5.91 Å². The SMILES string of the molecule is COc1nc(Nc2cccc(C(F)(F)F)c2)c(C)c(C(=O)N2CCC(N3CCO[C@@H]4COCC[C@@H]43)CC2)n1. The molecular weight excluding hydrogens is 503 g/mol. The number of benzene rings is 1. The normalized spacial score (nSPS) is 23.1. The Kier molecular flexibility index (Phi) is 7.73. The summed E-state index contributed by atoms with van der Waals surface area (Å²) in [7, 11) is 1.38. The molecule has 206 valence electrons. The maximum atomic E-state index is 13.5. The fraction of sp³-hybridized carbons (Fsp3) is 0.577. The van der Waals surface area contributed by atoms with Crippen molar-refractivity contribution in [2.45, 2.75) is 50.6 Å². The lowest BCUT2D eigenvalue weighted by molar-refractivity contribution is -0.148. The van der Waals surface area contributed by atoms with Crippen molar-refractivity contribution in [2.75, 3.05) is 51.9 Å². The molecule has 12 heteroatoms. The molecule has 1 aromatic carbocycles. The predicted octanol–water partition coefficient (Wildman–Crippen LogP) is 3.65. The molecule has 2 atom stereocenters. The van der Waals surface area contributed by atoms with Gasteiger partial charge in [0.05, 0.1) is 32.0 Å². The molecule has 1 amide bonds. The maximum Gasteiger partial charge on any atom is 0.416 e. The maximum absolute atomic E-state index is 13.5. The van der Waals surface area contributed by atoms with E-state index in [1.54, 1.807) is 11.8 Å². The van der Waals surface area contributed by atoms with Crippen LogP contribution in [0.1, 0.15) is 40.9 Å². The largest absolute Gasteiger partial charge is 0.467 e. The molecule has 3 aliphatic rings. The second-order valence-corrected chi connectivity index (χ2v) is 9.84. The summed E-state index contributed by atoms with van der Waals surface area (Å²) >= 11 is 0. The zero-order valence-electron chi connectivity index (χ0n) is 21.5. The average Bonchev–Trinajstić information content (AvgIpc) is 2.93. The molecule has 0 bridgehead atoms. The minimum absolute atomic E-state index is 0.0396. The molecule has 1 N–H and O–H groups in total. The summed E-state index contributed by atoms with van der Waals surface area (Å²) in [6, 6.07) is 5.49. The molecule has 3 aliphatic heterocycles. The van der Waals surface area contributed by atoms with E-state index in [1.807, 2.05) is 0 Å². The topological polar surface area (TPSA) is 89.1 Å². The number of halogens is 3. The van der Waals surface area contributed by atoms with Crippen molar-refractivity contribution in [1.82, 2.24) is 19.8 Å². The smallest absolute Gasteiger partial charge is 0.416 e. The van der Waals surface area contributed by atoms with Crippen LogP contribution in [0.15, 0.2) is 24.3 Å². The van der Waals surface area contributed by atoms with Crippen LogP contribution in [-0.4, -0.2) is 90.4 Å². The van der Waals surface area contributed by atoms with Gasteiger partial charge in [0.15, 0.2) is 0 Å². The molecule has 0 spiro atoms. The highest BCUT2D eigenvalue weighted by atomic mass is 19.4. The van der Waals surface area contributed by atoms with Crippen LogP contribution in [0.25, 0.3) is 0 Å². The van der Waals surface area contributed by atoms with Gasteiger partial charge < -0.3 is 24.4 Å². The number of piperidine rings is 1. The number of alkyl halides is 3. The number of hydrogen-bond donors (Lipinski definition) is 1. The third kappa shape index (κ3) is 5.57. The number of nitrogens with zero attached hydrogens (tertiary/aromatic N) is 4. The number of fused-ring (bicyclic) bond motifs is 1. The molecule has 0 saturated carbocycles. The summed E-state index contributed by atoms with van der Waals surface area (Å²) in [5.74, 6) is -0.0343. The first-order valence-corrected chi connectivity index (χ1v) is 12.9. The molecule has 3 saturated heterocycles. The number of anilines is 2. The van der Waals surface area contributed by atoms with Gasteiger partial charge in [0, 0.05) is 49.6 Å². The van der Waals surface area contributed by atoms with Crippen LogP contribution < -0.4 is 10.1 Å². The average molecular weight is 536 g/mol. The van der Waals surface area contributed by atoms with E-state index in [0.717, 1.165) is 44.5 Å². The van der Waals surface area contributed by atoms with Crippen LogP contribution in [-0.2, 0) is 15.7 Å². The molecule has 4 heterocycles. The summed E-state index contributed by atoms with van der Waals surface area (Å²) in [6.07, 6.45) is -1.74. The van der Waals surface area contributed by atoms with Gasteiger partial charge in [-0.15, -0.1) is 0 Å². The van der Waals surface area contributed by atoms with E-state index in [2.05, 4.69) is 20.2 Å². The van der Waals surface area contributed by atoms with Gasteiger partial charge in [-0.25, -0.2) is 0 Å². The Morgan fingerprint density at radius 2 is 1.92 bits per heavy atom. The lowest BCUT2D eigenvalue weighted by atomic mass is 9.95. The Hall–Kier alpha value is -2.96. The van der Waals surface area contributed by atoms with E-state index in [1.165, 1.54) is 19.2 Å². The number of nitrogens with one attached hydrogen (secondary N) is 1. The van der Waals surface area contributed by atoms with Gasteiger partial charge in [-0.1, -0.05) is 6.07 Å². The van der Waals surface area contributed by atoms with Crippen LogP contribution in [0.4, 0.5) is 24.7 Å². The molecule has 3 fully saturated rings. The lowest BCUT2D eigenvalue weighted by Gasteiger charge is -2.49. The highest BCUT2D eigenvalue weighted by Gasteiger charge is 2.40. The zero-order valence-corrected chi connectivity index (χ0v) is 21.5. The highest BCUT2D eigenvalue weighted by molar-refractivity contribution is 5.95. The van der Waals surface area contributed by atoms with Crippen LogP contribution in [0, 0.1) is 6.92 Å². The number of aromatic nitrogens is 2.